The number of aromatic nitrogens is 2. The molecule has 156 valence electrons. The Morgan fingerprint density at radius 3 is 2.50 bits per heavy atom. The summed E-state index contributed by atoms with van der Waals surface area (Å²) >= 11 is 0. The van der Waals surface area contributed by atoms with Gasteiger partial charge in [0.05, 0.1) is 0 Å². The van der Waals surface area contributed by atoms with Crippen molar-refractivity contribution in [2.45, 2.75) is 18.2 Å². The van der Waals surface area contributed by atoms with Crippen LogP contribution in [0.4, 0.5) is 10.1 Å². The standard InChI is InChI=1S/C17H12FN3O3S.C3H6O2/c18-13-3-1-2-4-15(13)25(23,24)21-10-5-6-14-12(9-10)11-7-8-19-16(11)17(22)20-14;1-2-3(4)5/h1-9,19,21H,(H,20,22);2H2,1H3,(H,4,5). The van der Waals surface area contributed by atoms with Gasteiger partial charge in [-0.1, -0.05) is 19.1 Å². The molecule has 0 atom stereocenters. The van der Waals surface area contributed by atoms with E-state index >= 15 is 0 Å². The number of rotatable bonds is 4. The highest BCUT2D eigenvalue weighted by molar-refractivity contribution is 7.92. The summed E-state index contributed by atoms with van der Waals surface area (Å²) in [6.45, 7) is 1.60. The van der Waals surface area contributed by atoms with Crippen molar-refractivity contribution in [3.63, 3.8) is 0 Å². The third-order valence-electron chi connectivity index (χ3n) is 4.21. The number of halogens is 1. The number of aromatic amines is 2. The van der Waals surface area contributed by atoms with Crippen LogP contribution >= 0.6 is 0 Å². The van der Waals surface area contributed by atoms with Gasteiger partial charge in [-0.3, -0.25) is 14.3 Å². The predicted octanol–water partition coefficient (Wildman–Crippen LogP) is 3.43. The van der Waals surface area contributed by atoms with Crippen LogP contribution in [0.15, 0.2) is 64.4 Å². The van der Waals surface area contributed by atoms with E-state index in [9.17, 15) is 22.4 Å². The van der Waals surface area contributed by atoms with Gasteiger partial charge in [0.2, 0.25) is 0 Å². The van der Waals surface area contributed by atoms with Gasteiger partial charge in [-0.2, -0.15) is 0 Å². The molecule has 2 heterocycles. The molecule has 0 fully saturated rings. The first-order valence-electron chi connectivity index (χ1n) is 8.85. The second kappa shape index (κ2) is 8.37. The molecule has 2 aromatic heterocycles. The minimum absolute atomic E-state index is 0.222. The molecule has 0 radical (unpaired) electrons. The maximum absolute atomic E-state index is 13.8. The van der Waals surface area contributed by atoms with E-state index in [-0.39, 0.29) is 17.7 Å². The molecule has 4 N–H and O–H groups in total. The zero-order valence-electron chi connectivity index (χ0n) is 15.8. The number of H-pyrrole nitrogens is 2. The highest BCUT2D eigenvalue weighted by Crippen LogP contribution is 2.25. The number of sulfonamides is 1. The van der Waals surface area contributed by atoms with E-state index in [4.69, 9.17) is 5.11 Å². The quantitative estimate of drug-likeness (QED) is 0.393. The van der Waals surface area contributed by atoms with E-state index in [2.05, 4.69) is 14.7 Å². The highest BCUT2D eigenvalue weighted by Gasteiger charge is 2.19. The first kappa shape index (κ1) is 21.1. The molecule has 8 nitrogen and oxygen atoms in total. The summed E-state index contributed by atoms with van der Waals surface area (Å²) in [4.78, 5) is 26.5. The third-order valence-corrected chi connectivity index (χ3v) is 5.63. The number of aliphatic carboxylic acids is 1. The topological polar surface area (TPSA) is 132 Å². The third kappa shape index (κ3) is 4.33. The minimum atomic E-state index is -4.07. The number of fused-ring (bicyclic) bond motifs is 3. The fourth-order valence-electron chi connectivity index (χ4n) is 2.78. The number of nitrogens with one attached hydrogen (secondary N) is 3. The molecule has 0 spiro atoms. The Labute approximate surface area is 170 Å². The monoisotopic (exact) mass is 431 g/mol. The number of pyridine rings is 1. The molecule has 0 aliphatic carbocycles. The highest BCUT2D eigenvalue weighted by atomic mass is 32.2. The normalized spacial score (nSPS) is 11.1. The summed E-state index contributed by atoms with van der Waals surface area (Å²) in [7, 11) is -4.07. The van der Waals surface area contributed by atoms with E-state index in [1.165, 1.54) is 24.3 Å². The summed E-state index contributed by atoms with van der Waals surface area (Å²) in [5.41, 5.74) is 0.991. The SMILES string of the molecule is CCC(=O)O.O=c1[nH]c2ccc(NS(=O)(=O)c3ccccc3F)cc2c2cc[nH]c12. The number of carboxylic acid groups (broad SMARTS) is 1. The minimum Gasteiger partial charge on any atom is -0.481 e. The maximum Gasteiger partial charge on any atom is 0.303 e. The predicted molar refractivity (Wildman–Crippen MR) is 112 cm³/mol. The van der Waals surface area contributed by atoms with E-state index in [1.807, 2.05) is 0 Å². The Morgan fingerprint density at radius 1 is 1.13 bits per heavy atom. The number of carbonyl (C=O) groups is 1. The summed E-state index contributed by atoms with van der Waals surface area (Å²) in [5, 5.41) is 9.07. The van der Waals surface area contributed by atoms with Crippen molar-refractivity contribution in [2.24, 2.45) is 0 Å². The Morgan fingerprint density at radius 2 is 1.83 bits per heavy atom. The molecule has 0 aliphatic rings. The largest absolute Gasteiger partial charge is 0.481 e. The van der Waals surface area contributed by atoms with Crippen LogP contribution in [0.2, 0.25) is 0 Å². The van der Waals surface area contributed by atoms with Gasteiger partial charge in [-0.25, -0.2) is 12.8 Å². The Kier molecular flexibility index (Phi) is 5.88. The number of benzene rings is 2. The van der Waals surface area contributed by atoms with Gasteiger partial charge in [-0.05, 0) is 36.4 Å². The number of hydrogen-bond acceptors (Lipinski definition) is 4. The van der Waals surface area contributed by atoms with Gasteiger partial charge in [0.25, 0.3) is 15.6 Å². The van der Waals surface area contributed by atoms with Crippen molar-refractivity contribution in [1.82, 2.24) is 9.97 Å². The lowest BCUT2D eigenvalue weighted by Gasteiger charge is -2.10. The van der Waals surface area contributed by atoms with Crippen LogP contribution in [0.3, 0.4) is 0 Å². The van der Waals surface area contributed by atoms with Crippen LogP contribution < -0.4 is 10.3 Å². The molecule has 0 amide bonds. The molecule has 30 heavy (non-hydrogen) atoms. The average Bonchev–Trinajstić information content (AvgIpc) is 3.20. The van der Waals surface area contributed by atoms with Gasteiger partial charge < -0.3 is 15.1 Å². The summed E-state index contributed by atoms with van der Waals surface area (Å²) in [5.74, 6) is -1.57. The molecule has 4 aromatic rings. The molecule has 0 saturated carbocycles. The lowest BCUT2D eigenvalue weighted by molar-refractivity contribution is -0.136. The molecule has 0 aliphatic heterocycles. The fourth-order valence-corrected chi connectivity index (χ4v) is 3.91. The molecule has 0 saturated heterocycles. The van der Waals surface area contributed by atoms with Crippen molar-refractivity contribution in [3.8, 4) is 0 Å². The maximum atomic E-state index is 13.8. The van der Waals surface area contributed by atoms with E-state index in [1.54, 1.807) is 31.3 Å². The number of hydrogen-bond donors (Lipinski definition) is 4. The summed E-state index contributed by atoms with van der Waals surface area (Å²) < 4.78 is 41.0. The van der Waals surface area contributed by atoms with Crippen LogP contribution in [0.25, 0.3) is 21.8 Å². The molecule has 2 aromatic carbocycles. The van der Waals surface area contributed by atoms with E-state index < -0.39 is 26.7 Å². The van der Waals surface area contributed by atoms with Gasteiger partial charge in [0.1, 0.15) is 16.2 Å². The summed E-state index contributed by atoms with van der Waals surface area (Å²) in [6, 6.07) is 11.6. The van der Waals surface area contributed by atoms with Crippen LogP contribution in [-0.2, 0) is 14.8 Å². The molecule has 0 unspecified atom stereocenters. The van der Waals surface area contributed by atoms with Crippen molar-refractivity contribution >= 4 is 43.5 Å². The first-order chi connectivity index (χ1) is 14.2. The van der Waals surface area contributed by atoms with Gasteiger partial charge in [-0.15, -0.1) is 0 Å². The van der Waals surface area contributed by atoms with Crippen molar-refractivity contribution in [3.05, 3.63) is 70.9 Å². The van der Waals surface area contributed by atoms with E-state index in [0.29, 0.717) is 21.8 Å². The zero-order valence-corrected chi connectivity index (χ0v) is 16.6. The molecule has 0 bridgehead atoms. The Hall–Kier alpha value is -3.66. The lowest BCUT2D eigenvalue weighted by Crippen LogP contribution is -2.14. The van der Waals surface area contributed by atoms with Gasteiger partial charge >= 0.3 is 5.97 Å². The van der Waals surface area contributed by atoms with Crippen LogP contribution in [-0.4, -0.2) is 29.5 Å². The molecular formula is C20H18FN3O5S. The van der Waals surface area contributed by atoms with Crippen molar-refractivity contribution in [1.29, 1.82) is 0 Å². The second-order valence-corrected chi connectivity index (χ2v) is 7.91. The summed E-state index contributed by atoms with van der Waals surface area (Å²) in [6.07, 6.45) is 1.86. The van der Waals surface area contributed by atoms with E-state index in [0.717, 1.165) is 6.07 Å². The zero-order chi connectivity index (χ0) is 21.9. The van der Waals surface area contributed by atoms with Gasteiger partial charge in [0, 0.05) is 34.6 Å². The molecule has 4 rings (SSSR count). The van der Waals surface area contributed by atoms with Crippen LogP contribution in [0.5, 0.6) is 0 Å². The fraction of sp³-hybridized carbons (Fsp3) is 0.100. The second-order valence-electron chi connectivity index (χ2n) is 6.26. The molecule has 10 heteroatoms. The Balaban J connectivity index is 0.000000461. The number of carboxylic acids is 1. The molecular weight excluding hydrogens is 413 g/mol. The van der Waals surface area contributed by atoms with Crippen molar-refractivity contribution in [2.75, 3.05) is 4.72 Å². The smallest absolute Gasteiger partial charge is 0.303 e. The van der Waals surface area contributed by atoms with Crippen LogP contribution in [0, 0.1) is 5.82 Å². The Bertz CT molecular complexity index is 1390. The van der Waals surface area contributed by atoms with Gasteiger partial charge in [0.15, 0.2) is 0 Å². The first-order valence-corrected chi connectivity index (χ1v) is 10.3. The number of anilines is 1. The van der Waals surface area contributed by atoms with Crippen LogP contribution in [0.1, 0.15) is 13.3 Å². The van der Waals surface area contributed by atoms with Crippen molar-refractivity contribution < 1.29 is 22.7 Å². The average molecular weight is 431 g/mol. The lowest BCUT2D eigenvalue weighted by atomic mass is 10.1.